The zero-order valence-electron chi connectivity index (χ0n) is 11.8. The van der Waals surface area contributed by atoms with Crippen LogP contribution >= 0.6 is 0 Å². The summed E-state index contributed by atoms with van der Waals surface area (Å²) in [5.74, 6) is 0.675. The second-order valence-corrected chi connectivity index (χ2v) is 5.18. The number of nitrogens with one attached hydrogen (secondary N) is 1. The van der Waals surface area contributed by atoms with Gasteiger partial charge in [0.15, 0.2) is 0 Å². The van der Waals surface area contributed by atoms with E-state index in [1.807, 2.05) is 30.3 Å². The summed E-state index contributed by atoms with van der Waals surface area (Å²) in [5, 5.41) is 2.86. The second kappa shape index (κ2) is 5.87. The number of amides is 1. The van der Waals surface area contributed by atoms with Gasteiger partial charge in [0.25, 0.3) is 0 Å². The Bertz CT molecular complexity index is 653. The van der Waals surface area contributed by atoms with Gasteiger partial charge in [0.05, 0.1) is 12.3 Å². The van der Waals surface area contributed by atoms with Crippen LogP contribution in [0.15, 0.2) is 42.5 Å². The van der Waals surface area contributed by atoms with E-state index < -0.39 is 0 Å². The number of carbonyl (C=O) groups is 1. The summed E-state index contributed by atoms with van der Waals surface area (Å²) in [7, 11) is 0. The molecule has 0 bridgehead atoms. The number of rotatable bonds is 4. The fourth-order valence-electron chi connectivity index (χ4n) is 2.48. The molecular formula is C17H18N2O2. The normalized spacial score (nSPS) is 13.4. The number of carbonyl (C=O) groups excluding carboxylic acids is 1. The predicted octanol–water partition coefficient (Wildman–Crippen LogP) is 2.78. The number of nitrogens with two attached hydrogens (primary N) is 1. The molecule has 1 amide bonds. The van der Waals surface area contributed by atoms with E-state index in [1.165, 1.54) is 5.56 Å². The Kier molecular flexibility index (Phi) is 3.77. The smallest absolute Gasteiger partial charge is 0.224 e. The highest BCUT2D eigenvalue weighted by molar-refractivity contribution is 5.94. The van der Waals surface area contributed by atoms with Gasteiger partial charge in [-0.25, -0.2) is 0 Å². The molecule has 0 saturated carbocycles. The standard InChI is InChI=1S/C17H18N2O2/c18-14-10-13-6-7-17(20)19-15(13)11-16(14)21-9-8-12-4-2-1-3-5-12/h1-5,10-11H,6-9,18H2,(H,19,20). The fourth-order valence-corrected chi connectivity index (χ4v) is 2.48. The van der Waals surface area contributed by atoms with Gasteiger partial charge in [-0.05, 0) is 23.6 Å². The maximum atomic E-state index is 11.4. The first-order valence-electron chi connectivity index (χ1n) is 7.11. The molecule has 2 aromatic rings. The average Bonchev–Trinajstić information content (AvgIpc) is 2.49. The van der Waals surface area contributed by atoms with Crippen molar-refractivity contribution in [1.29, 1.82) is 0 Å². The van der Waals surface area contributed by atoms with Gasteiger partial charge in [0.1, 0.15) is 5.75 Å². The summed E-state index contributed by atoms with van der Waals surface area (Å²) >= 11 is 0. The van der Waals surface area contributed by atoms with Crippen molar-refractivity contribution in [2.75, 3.05) is 17.7 Å². The molecule has 1 aliphatic heterocycles. The number of hydrogen-bond acceptors (Lipinski definition) is 3. The van der Waals surface area contributed by atoms with Gasteiger partial charge >= 0.3 is 0 Å². The van der Waals surface area contributed by atoms with Crippen LogP contribution in [0.3, 0.4) is 0 Å². The lowest BCUT2D eigenvalue weighted by atomic mass is 10.0. The van der Waals surface area contributed by atoms with Gasteiger partial charge in [-0.15, -0.1) is 0 Å². The molecule has 3 N–H and O–H groups in total. The lowest BCUT2D eigenvalue weighted by molar-refractivity contribution is -0.116. The molecule has 0 fully saturated rings. The maximum Gasteiger partial charge on any atom is 0.224 e. The Morgan fingerprint density at radius 3 is 2.76 bits per heavy atom. The minimum absolute atomic E-state index is 0.0440. The molecule has 3 rings (SSSR count). The molecule has 0 spiro atoms. The Morgan fingerprint density at radius 2 is 1.95 bits per heavy atom. The van der Waals surface area contributed by atoms with Crippen LogP contribution in [-0.2, 0) is 17.6 Å². The Morgan fingerprint density at radius 1 is 1.14 bits per heavy atom. The van der Waals surface area contributed by atoms with Crippen molar-refractivity contribution in [1.82, 2.24) is 0 Å². The molecule has 0 aliphatic carbocycles. The monoisotopic (exact) mass is 282 g/mol. The molecule has 108 valence electrons. The molecule has 0 radical (unpaired) electrons. The molecule has 0 aromatic heterocycles. The summed E-state index contributed by atoms with van der Waals surface area (Å²) in [6, 6.07) is 13.9. The lowest BCUT2D eigenvalue weighted by Crippen LogP contribution is -2.19. The predicted molar refractivity (Wildman–Crippen MR) is 83.4 cm³/mol. The summed E-state index contributed by atoms with van der Waals surface area (Å²) in [6.07, 6.45) is 2.07. The van der Waals surface area contributed by atoms with Crippen LogP contribution in [0.1, 0.15) is 17.5 Å². The number of aryl methyl sites for hydroxylation is 1. The SMILES string of the molecule is Nc1cc2c(cc1OCCc1ccccc1)NC(=O)CC2. The van der Waals surface area contributed by atoms with E-state index in [4.69, 9.17) is 10.5 Å². The van der Waals surface area contributed by atoms with Crippen LogP contribution < -0.4 is 15.8 Å². The number of nitrogen functional groups attached to an aromatic ring is 1. The minimum Gasteiger partial charge on any atom is -0.491 e. The first kappa shape index (κ1) is 13.5. The summed E-state index contributed by atoms with van der Waals surface area (Å²) in [6.45, 7) is 0.556. The van der Waals surface area contributed by atoms with E-state index >= 15 is 0 Å². The first-order valence-corrected chi connectivity index (χ1v) is 7.11. The molecule has 2 aromatic carbocycles. The molecule has 4 nitrogen and oxygen atoms in total. The molecule has 0 unspecified atom stereocenters. The minimum atomic E-state index is 0.0440. The van der Waals surface area contributed by atoms with Gasteiger partial charge in [0, 0.05) is 24.6 Å². The number of fused-ring (bicyclic) bond motifs is 1. The summed E-state index contributed by atoms with van der Waals surface area (Å²) in [4.78, 5) is 11.4. The van der Waals surface area contributed by atoms with Gasteiger partial charge in [-0.3, -0.25) is 4.79 Å². The fraction of sp³-hybridized carbons (Fsp3) is 0.235. The van der Waals surface area contributed by atoms with Crippen LogP contribution in [0, 0.1) is 0 Å². The largest absolute Gasteiger partial charge is 0.491 e. The average molecular weight is 282 g/mol. The van der Waals surface area contributed by atoms with Crippen molar-refractivity contribution in [2.24, 2.45) is 0 Å². The lowest BCUT2D eigenvalue weighted by Gasteiger charge is -2.19. The van der Waals surface area contributed by atoms with Crippen LogP contribution in [0.2, 0.25) is 0 Å². The van der Waals surface area contributed by atoms with Crippen LogP contribution in [0.5, 0.6) is 5.75 Å². The zero-order valence-corrected chi connectivity index (χ0v) is 11.8. The van der Waals surface area contributed by atoms with E-state index in [9.17, 15) is 4.79 Å². The van der Waals surface area contributed by atoms with Crippen LogP contribution in [-0.4, -0.2) is 12.5 Å². The Balaban J connectivity index is 1.68. The third-order valence-corrected chi connectivity index (χ3v) is 3.62. The second-order valence-electron chi connectivity index (χ2n) is 5.18. The van der Waals surface area contributed by atoms with E-state index in [0.29, 0.717) is 24.5 Å². The highest BCUT2D eigenvalue weighted by atomic mass is 16.5. The quantitative estimate of drug-likeness (QED) is 0.847. The van der Waals surface area contributed by atoms with E-state index in [-0.39, 0.29) is 5.91 Å². The van der Waals surface area contributed by atoms with E-state index in [0.717, 1.165) is 24.1 Å². The van der Waals surface area contributed by atoms with E-state index in [1.54, 1.807) is 0 Å². The number of hydrogen-bond donors (Lipinski definition) is 2. The van der Waals surface area contributed by atoms with Crippen molar-refractivity contribution in [3.8, 4) is 5.75 Å². The van der Waals surface area contributed by atoms with Crippen molar-refractivity contribution >= 4 is 17.3 Å². The maximum absolute atomic E-state index is 11.4. The third kappa shape index (κ3) is 3.16. The molecule has 0 atom stereocenters. The van der Waals surface area contributed by atoms with Crippen molar-refractivity contribution < 1.29 is 9.53 Å². The van der Waals surface area contributed by atoms with Gasteiger partial charge in [0.2, 0.25) is 5.91 Å². The topological polar surface area (TPSA) is 64.3 Å². The zero-order chi connectivity index (χ0) is 14.7. The number of ether oxygens (including phenoxy) is 1. The number of benzene rings is 2. The molecular weight excluding hydrogens is 264 g/mol. The molecule has 1 aliphatic rings. The highest BCUT2D eigenvalue weighted by Gasteiger charge is 2.17. The van der Waals surface area contributed by atoms with Gasteiger partial charge in [-0.2, -0.15) is 0 Å². The van der Waals surface area contributed by atoms with Crippen LogP contribution in [0.4, 0.5) is 11.4 Å². The molecule has 0 saturated heterocycles. The van der Waals surface area contributed by atoms with Crippen molar-refractivity contribution in [2.45, 2.75) is 19.3 Å². The molecule has 1 heterocycles. The van der Waals surface area contributed by atoms with Crippen molar-refractivity contribution in [3.05, 3.63) is 53.6 Å². The van der Waals surface area contributed by atoms with E-state index in [2.05, 4.69) is 17.4 Å². The first-order chi connectivity index (χ1) is 10.2. The Hall–Kier alpha value is -2.49. The van der Waals surface area contributed by atoms with Gasteiger partial charge in [-0.1, -0.05) is 30.3 Å². The Labute approximate surface area is 123 Å². The molecule has 21 heavy (non-hydrogen) atoms. The highest BCUT2D eigenvalue weighted by Crippen LogP contribution is 2.32. The summed E-state index contributed by atoms with van der Waals surface area (Å²) in [5.41, 5.74) is 9.76. The number of anilines is 2. The summed E-state index contributed by atoms with van der Waals surface area (Å²) < 4.78 is 5.77. The molecule has 4 heteroatoms. The van der Waals surface area contributed by atoms with Gasteiger partial charge < -0.3 is 15.8 Å². The third-order valence-electron chi connectivity index (χ3n) is 3.62. The van der Waals surface area contributed by atoms with Crippen LogP contribution in [0.25, 0.3) is 0 Å². The van der Waals surface area contributed by atoms with Crippen molar-refractivity contribution in [3.63, 3.8) is 0 Å².